The molecular weight excluding hydrogens is 285 g/mol. The van der Waals surface area contributed by atoms with Gasteiger partial charge >= 0.3 is 0 Å². The first-order chi connectivity index (χ1) is 10.1. The molecule has 0 aromatic heterocycles. The summed E-state index contributed by atoms with van der Waals surface area (Å²) in [5.41, 5.74) is 6.85. The zero-order valence-corrected chi connectivity index (χ0v) is 13.8. The van der Waals surface area contributed by atoms with Gasteiger partial charge in [0.1, 0.15) is 5.82 Å². The van der Waals surface area contributed by atoms with Crippen molar-refractivity contribution in [2.45, 2.75) is 58.3 Å². The Morgan fingerprint density at radius 1 is 1.33 bits per heavy atom. The highest BCUT2D eigenvalue weighted by atomic mass is 35.5. The van der Waals surface area contributed by atoms with Gasteiger partial charge in [0, 0.05) is 5.02 Å². The molecule has 2 rings (SSSR count). The van der Waals surface area contributed by atoms with Crippen LogP contribution in [0.3, 0.4) is 0 Å². The van der Waals surface area contributed by atoms with Crippen LogP contribution < -0.4 is 5.73 Å². The van der Waals surface area contributed by atoms with E-state index in [2.05, 4.69) is 6.92 Å². The van der Waals surface area contributed by atoms with Gasteiger partial charge in [0.15, 0.2) is 0 Å². The topological polar surface area (TPSA) is 26.0 Å². The van der Waals surface area contributed by atoms with Crippen molar-refractivity contribution in [3.63, 3.8) is 0 Å². The lowest BCUT2D eigenvalue weighted by Crippen LogP contribution is -2.37. The molecule has 1 fully saturated rings. The molecule has 21 heavy (non-hydrogen) atoms. The largest absolute Gasteiger partial charge is 0.330 e. The molecule has 0 aliphatic heterocycles. The molecule has 118 valence electrons. The average molecular weight is 312 g/mol. The van der Waals surface area contributed by atoms with E-state index in [0.717, 1.165) is 30.7 Å². The van der Waals surface area contributed by atoms with Gasteiger partial charge in [-0.3, -0.25) is 0 Å². The Labute approximate surface area is 133 Å². The van der Waals surface area contributed by atoms with Crippen LogP contribution in [0.1, 0.15) is 57.4 Å². The molecule has 0 spiro atoms. The first-order valence-corrected chi connectivity index (χ1v) is 8.60. The second kappa shape index (κ2) is 7.60. The summed E-state index contributed by atoms with van der Waals surface area (Å²) in [4.78, 5) is 0. The summed E-state index contributed by atoms with van der Waals surface area (Å²) >= 11 is 6.01. The third-order valence-corrected chi connectivity index (χ3v) is 5.37. The fraction of sp³-hybridized carbons (Fsp3) is 0.667. The van der Waals surface area contributed by atoms with Crippen LogP contribution in [0.4, 0.5) is 4.39 Å². The summed E-state index contributed by atoms with van der Waals surface area (Å²) in [6, 6.07) is 4.84. The molecule has 1 aromatic rings. The third-order valence-electron chi connectivity index (χ3n) is 5.14. The van der Waals surface area contributed by atoms with E-state index in [1.54, 1.807) is 12.1 Å². The highest BCUT2D eigenvalue weighted by Crippen LogP contribution is 2.42. The van der Waals surface area contributed by atoms with Crippen LogP contribution in [0.25, 0.3) is 0 Å². The zero-order chi connectivity index (χ0) is 15.3. The molecule has 0 atom stereocenters. The number of halogens is 2. The summed E-state index contributed by atoms with van der Waals surface area (Å²) < 4.78 is 14.0. The molecule has 2 N–H and O–H groups in total. The summed E-state index contributed by atoms with van der Waals surface area (Å²) in [6.45, 7) is 2.88. The van der Waals surface area contributed by atoms with E-state index in [4.69, 9.17) is 17.3 Å². The van der Waals surface area contributed by atoms with Gasteiger partial charge in [-0.25, -0.2) is 4.39 Å². The molecule has 1 nitrogen and oxygen atoms in total. The fourth-order valence-electron chi connectivity index (χ4n) is 3.61. The van der Waals surface area contributed by atoms with Crippen molar-refractivity contribution >= 4 is 11.6 Å². The summed E-state index contributed by atoms with van der Waals surface area (Å²) in [5.74, 6) is 0.689. The molecule has 1 aliphatic rings. The number of nitrogens with two attached hydrogens (primary N) is 1. The van der Waals surface area contributed by atoms with Gasteiger partial charge < -0.3 is 5.73 Å². The molecule has 0 amide bonds. The van der Waals surface area contributed by atoms with Crippen LogP contribution in [0.5, 0.6) is 0 Å². The summed E-state index contributed by atoms with van der Waals surface area (Å²) in [6.07, 6.45) is 9.35. The van der Waals surface area contributed by atoms with Gasteiger partial charge in [0.05, 0.1) is 0 Å². The van der Waals surface area contributed by atoms with Crippen molar-refractivity contribution in [1.82, 2.24) is 0 Å². The van der Waals surface area contributed by atoms with Gasteiger partial charge in [-0.15, -0.1) is 0 Å². The standard InChI is InChI=1S/C18H27ClFN/c1-2-3-4-14-7-9-18(13-21,10-8-14)12-15-11-16(19)5-6-17(15)20/h5-6,11,14H,2-4,7-10,12-13,21H2,1H3. The summed E-state index contributed by atoms with van der Waals surface area (Å²) in [7, 11) is 0. The molecule has 1 aromatic carbocycles. The number of rotatable bonds is 6. The molecule has 3 heteroatoms. The lowest BCUT2D eigenvalue weighted by atomic mass is 9.66. The average Bonchev–Trinajstić information content (AvgIpc) is 2.50. The normalized spacial score (nSPS) is 26.0. The zero-order valence-electron chi connectivity index (χ0n) is 13.0. The maximum Gasteiger partial charge on any atom is 0.126 e. The van der Waals surface area contributed by atoms with Gasteiger partial charge in [-0.1, -0.05) is 37.8 Å². The second-order valence-corrected chi connectivity index (χ2v) is 7.14. The number of hydrogen-bond acceptors (Lipinski definition) is 1. The molecule has 0 unspecified atom stereocenters. The van der Waals surface area contributed by atoms with Crippen LogP contribution in [-0.2, 0) is 6.42 Å². The number of benzene rings is 1. The van der Waals surface area contributed by atoms with Gasteiger partial charge in [-0.2, -0.15) is 0 Å². The molecule has 0 heterocycles. The first-order valence-electron chi connectivity index (χ1n) is 8.22. The predicted molar refractivity (Wildman–Crippen MR) is 88.1 cm³/mol. The van der Waals surface area contributed by atoms with E-state index in [1.807, 2.05) is 0 Å². The molecular formula is C18H27ClFN. The smallest absolute Gasteiger partial charge is 0.126 e. The SMILES string of the molecule is CCCCC1CCC(CN)(Cc2cc(Cl)ccc2F)CC1. The third kappa shape index (κ3) is 4.43. The number of hydrogen-bond donors (Lipinski definition) is 1. The van der Waals surface area contributed by atoms with E-state index in [-0.39, 0.29) is 11.2 Å². The van der Waals surface area contributed by atoms with Crippen molar-refractivity contribution in [1.29, 1.82) is 0 Å². The van der Waals surface area contributed by atoms with E-state index >= 15 is 0 Å². The van der Waals surface area contributed by atoms with Crippen molar-refractivity contribution in [3.05, 3.63) is 34.6 Å². The predicted octanol–water partition coefficient (Wildman–Crippen LogP) is 5.35. The van der Waals surface area contributed by atoms with Gasteiger partial charge in [0.2, 0.25) is 0 Å². The molecule has 1 aliphatic carbocycles. The van der Waals surface area contributed by atoms with Crippen molar-refractivity contribution < 1.29 is 4.39 Å². The maximum atomic E-state index is 14.0. The molecule has 1 saturated carbocycles. The van der Waals surface area contributed by atoms with Gasteiger partial charge in [-0.05, 0) is 73.7 Å². The minimum Gasteiger partial charge on any atom is -0.330 e. The lowest BCUT2D eigenvalue weighted by Gasteiger charge is -2.40. The van der Waals surface area contributed by atoms with Crippen LogP contribution in [0, 0.1) is 17.2 Å². The Balaban J connectivity index is 2.01. The van der Waals surface area contributed by atoms with Crippen LogP contribution in [0.15, 0.2) is 18.2 Å². The Bertz CT molecular complexity index is 453. The van der Waals surface area contributed by atoms with E-state index in [0.29, 0.717) is 11.6 Å². The summed E-state index contributed by atoms with van der Waals surface area (Å²) in [5, 5.41) is 0.607. The Morgan fingerprint density at radius 2 is 2.05 bits per heavy atom. The highest BCUT2D eigenvalue weighted by molar-refractivity contribution is 6.30. The van der Waals surface area contributed by atoms with Crippen LogP contribution in [-0.4, -0.2) is 6.54 Å². The Hall–Kier alpha value is -0.600. The van der Waals surface area contributed by atoms with Crippen LogP contribution >= 0.6 is 11.6 Å². The van der Waals surface area contributed by atoms with Crippen molar-refractivity contribution in [2.75, 3.05) is 6.54 Å². The highest BCUT2D eigenvalue weighted by Gasteiger charge is 2.34. The van der Waals surface area contributed by atoms with E-state index in [9.17, 15) is 4.39 Å². The fourth-order valence-corrected chi connectivity index (χ4v) is 3.80. The Morgan fingerprint density at radius 3 is 2.67 bits per heavy atom. The maximum absolute atomic E-state index is 14.0. The minimum atomic E-state index is -0.152. The minimum absolute atomic E-state index is 0.0637. The van der Waals surface area contributed by atoms with Crippen molar-refractivity contribution in [2.24, 2.45) is 17.1 Å². The lowest BCUT2D eigenvalue weighted by molar-refractivity contribution is 0.148. The molecule has 0 radical (unpaired) electrons. The Kier molecular flexibility index (Phi) is 6.07. The van der Waals surface area contributed by atoms with Crippen molar-refractivity contribution in [3.8, 4) is 0 Å². The van der Waals surface area contributed by atoms with Crippen LogP contribution in [0.2, 0.25) is 5.02 Å². The monoisotopic (exact) mass is 311 g/mol. The quantitative estimate of drug-likeness (QED) is 0.753. The number of unbranched alkanes of at least 4 members (excludes halogenated alkanes) is 1. The first kappa shape index (κ1) is 16.8. The van der Waals surface area contributed by atoms with E-state index in [1.165, 1.54) is 38.2 Å². The second-order valence-electron chi connectivity index (χ2n) is 6.70. The van der Waals surface area contributed by atoms with E-state index < -0.39 is 0 Å². The van der Waals surface area contributed by atoms with Gasteiger partial charge in [0.25, 0.3) is 0 Å². The molecule has 0 saturated heterocycles. The molecule has 0 bridgehead atoms.